The second-order valence-electron chi connectivity index (χ2n) is 5.36. The smallest absolute Gasteiger partial charge is 0.191 e. The van der Waals surface area contributed by atoms with Crippen LogP contribution < -0.4 is 10.6 Å². The molecule has 0 fully saturated rings. The summed E-state index contributed by atoms with van der Waals surface area (Å²) in [5, 5.41) is 16.1. The monoisotopic (exact) mass is 440 g/mol. The van der Waals surface area contributed by atoms with Gasteiger partial charge in [-0.05, 0) is 24.1 Å². The van der Waals surface area contributed by atoms with E-state index in [4.69, 9.17) is 0 Å². The van der Waals surface area contributed by atoms with Gasteiger partial charge in [-0.1, -0.05) is 36.4 Å². The molecule has 1 unspecified atom stereocenters. The largest absolute Gasteiger partial charge is 0.396 e. The van der Waals surface area contributed by atoms with Gasteiger partial charge in [0.05, 0.1) is 18.8 Å². The Balaban J connectivity index is 0.00000288. The maximum Gasteiger partial charge on any atom is 0.191 e. The summed E-state index contributed by atoms with van der Waals surface area (Å²) < 4.78 is 0. The number of halogens is 1. The highest BCUT2D eigenvalue weighted by atomic mass is 127. The van der Waals surface area contributed by atoms with Crippen LogP contribution in [0.15, 0.2) is 53.7 Å². The number of benzene rings is 1. The lowest BCUT2D eigenvalue weighted by Crippen LogP contribution is -2.39. The predicted octanol–water partition coefficient (Wildman–Crippen LogP) is 2.45. The molecule has 2 aromatic rings. The number of aromatic nitrogens is 1. The molecule has 0 aliphatic rings. The maximum absolute atomic E-state index is 9.60. The number of pyridine rings is 1. The third-order valence-electron chi connectivity index (χ3n) is 3.77. The number of aryl methyl sites for hydroxylation is 1. The molecular weight excluding hydrogens is 415 g/mol. The third kappa shape index (κ3) is 6.09. The molecule has 0 spiro atoms. The number of nitrogens with zero attached hydrogens (tertiary/aromatic N) is 2. The van der Waals surface area contributed by atoms with Crippen molar-refractivity contribution in [2.24, 2.45) is 4.99 Å². The van der Waals surface area contributed by atoms with Gasteiger partial charge < -0.3 is 15.7 Å². The molecule has 6 heteroatoms. The van der Waals surface area contributed by atoms with E-state index in [1.165, 1.54) is 0 Å². The summed E-state index contributed by atoms with van der Waals surface area (Å²) in [6.07, 6.45) is 1.79. The molecule has 3 N–H and O–H groups in total. The van der Waals surface area contributed by atoms with Crippen molar-refractivity contribution in [3.63, 3.8) is 0 Å². The van der Waals surface area contributed by atoms with Crippen molar-refractivity contribution >= 4 is 29.9 Å². The van der Waals surface area contributed by atoms with Crippen LogP contribution >= 0.6 is 24.0 Å². The highest BCUT2D eigenvalue weighted by molar-refractivity contribution is 14.0. The molecule has 5 nitrogen and oxygen atoms in total. The second-order valence-corrected chi connectivity index (χ2v) is 5.36. The van der Waals surface area contributed by atoms with E-state index in [0.29, 0.717) is 19.0 Å². The van der Waals surface area contributed by atoms with E-state index in [-0.39, 0.29) is 36.5 Å². The second kappa shape index (κ2) is 11.0. The molecule has 1 atom stereocenters. The fourth-order valence-electron chi connectivity index (χ4n) is 2.32. The summed E-state index contributed by atoms with van der Waals surface area (Å²) in [5.41, 5.74) is 3.25. The Morgan fingerprint density at radius 3 is 2.54 bits per heavy atom. The molecule has 1 aromatic carbocycles. The number of hydrogen-bond donors (Lipinski definition) is 3. The lowest BCUT2D eigenvalue weighted by molar-refractivity contribution is 0.265. The van der Waals surface area contributed by atoms with Crippen LogP contribution in [-0.2, 0) is 6.54 Å². The SMILES string of the molecule is CN=C(NCc1ncccc1C)NCC(CO)c1ccccc1.I. The number of aliphatic imine (C=N–C) groups is 1. The van der Waals surface area contributed by atoms with E-state index in [1.54, 1.807) is 13.2 Å². The molecule has 1 heterocycles. The topological polar surface area (TPSA) is 69.5 Å². The number of aliphatic hydroxyl groups is 1. The first-order valence-corrected chi connectivity index (χ1v) is 7.75. The summed E-state index contributed by atoms with van der Waals surface area (Å²) >= 11 is 0. The van der Waals surface area contributed by atoms with Crippen LogP contribution in [0.4, 0.5) is 0 Å². The highest BCUT2D eigenvalue weighted by Gasteiger charge is 2.11. The Kier molecular flexibility index (Phi) is 9.33. The molecule has 0 amide bonds. The van der Waals surface area contributed by atoms with Gasteiger partial charge in [-0.25, -0.2) is 0 Å². The molecule has 0 bridgehead atoms. The van der Waals surface area contributed by atoms with Gasteiger partial charge in [0.25, 0.3) is 0 Å². The first-order chi connectivity index (χ1) is 11.2. The first kappa shape index (κ1) is 20.4. The van der Waals surface area contributed by atoms with E-state index in [2.05, 4.69) is 20.6 Å². The van der Waals surface area contributed by atoms with Gasteiger partial charge in [0.2, 0.25) is 0 Å². The minimum Gasteiger partial charge on any atom is -0.396 e. The fraction of sp³-hybridized carbons (Fsp3) is 0.333. The average molecular weight is 440 g/mol. The molecular formula is C18H25IN4O. The Morgan fingerprint density at radius 2 is 1.92 bits per heavy atom. The zero-order valence-electron chi connectivity index (χ0n) is 14.1. The van der Waals surface area contributed by atoms with Gasteiger partial charge in [-0.2, -0.15) is 0 Å². The first-order valence-electron chi connectivity index (χ1n) is 7.75. The Bertz CT molecular complexity index is 634. The normalized spacial score (nSPS) is 12.2. The van der Waals surface area contributed by atoms with E-state index >= 15 is 0 Å². The quantitative estimate of drug-likeness (QED) is 0.367. The average Bonchev–Trinajstić information content (AvgIpc) is 2.60. The molecule has 130 valence electrons. The molecule has 1 aromatic heterocycles. The van der Waals surface area contributed by atoms with Crippen LogP contribution in [0.2, 0.25) is 0 Å². The number of nitrogens with one attached hydrogen (secondary N) is 2. The van der Waals surface area contributed by atoms with Crippen LogP contribution in [0.3, 0.4) is 0 Å². The van der Waals surface area contributed by atoms with Crippen molar-refractivity contribution in [2.75, 3.05) is 20.2 Å². The number of rotatable bonds is 6. The molecule has 0 saturated heterocycles. The zero-order chi connectivity index (χ0) is 16.5. The van der Waals surface area contributed by atoms with Gasteiger partial charge in [0, 0.05) is 25.7 Å². The van der Waals surface area contributed by atoms with Gasteiger partial charge in [-0.3, -0.25) is 9.98 Å². The fourth-order valence-corrected chi connectivity index (χ4v) is 2.32. The summed E-state index contributed by atoms with van der Waals surface area (Å²) in [4.78, 5) is 8.58. The van der Waals surface area contributed by atoms with Crippen molar-refractivity contribution in [3.05, 3.63) is 65.5 Å². The number of aliphatic hydroxyl groups excluding tert-OH is 1. The van der Waals surface area contributed by atoms with Crippen LogP contribution in [0, 0.1) is 6.92 Å². The minimum absolute atomic E-state index is 0. The Hall–Kier alpha value is -1.67. The van der Waals surface area contributed by atoms with Gasteiger partial charge in [0.1, 0.15) is 0 Å². The van der Waals surface area contributed by atoms with Gasteiger partial charge >= 0.3 is 0 Å². The van der Waals surface area contributed by atoms with E-state index in [1.807, 2.05) is 49.4 Å². The molecule has 0 radical (unpaired) electrons. The van der Waals surface area contributed by atoms with Crippen LogP contribution in [0.25, 0.3) is 0 Å². The van der Waals surface area contributed by atoms with Crippen LogP contribution in [0.5, 0.6) is 0 Å². The Morgan fingerprint density at radius 1 is 1.17 bits per heavy atom. The summed E-state index contributed by atoms with van der Waals surface area (Å²) in [6.45, 7) is 3.35. The summed E-state index contributed by atoms with van der Waals surface area (Å²) in [6, 6.07) is 14.0. The van der Waals surface area contributed by atoms with E-state index < -0.39 is 0 Å². The standard InChI is InChI=1S/C18H24N4O.HI/c1-14-7-6-10-20-17(14)12-22-18(19-2)21-11-16(13-23)15-8-4-3-5-9-15;/h3-10,16,23H,11-13H2,1-2H3,(H2,19,21,22);1H. The summed E-state index contributed by atoms with van der Waals surface area (Å²) in [5.74, 6) is 0.732. The zero-order valence-corrected chi connectivity index (χ0v) is 16.4. The molecule has 24 heavy (non-hydrogen) atoms. The van der Waals surface area contributed by atoms with Crippen molar-refractivity contribution in [3.8, 4) is 0 Å². The van der Waals surface area contributed by atoms with Crippen molar-refractivity contribution < 1.29 is 5.11 Å². The molecule has 0 saturated carbocycles. The van der Waals surface area contributed by atoms with E-state index in [0.717, 1.165) is 16.8 Å². The minimum atomic E-state index is 0. The van der Waals surface area contributed by atoms with Crippen molar-refractivity contribution in [1.82, 2.24) is 15.6 Å². The molecule has 0 aliphatic heterocycles. The molecule has 2 rings (SSSR count). The number of hydrogen-bond acceptors (Lipinski definition) is 3. The highest BCUT2D eigenvalue weighted by Crippen LogP contribution is 2.13. The lowest BCUT2D eigenvalue weighted by Gasteiger charge is -2.18. The lowest BCUT2D eigenvalue weighted by atomic mass is 10.0. The summed E-state index contributed by atoms with van der Waals surface area (Å²) in [7, 11) is 1.73. The maximum atomic E-state index is 9.60. The van der Waals surface area contributed by atoms with Crippen LogP contribution in [0.1, 0.15) is 22.7 Å². The predicted molar refractivity (Wildman–Crippen MR) is 109 cm³/mol. The Labute approximate surface area is 160 Å². The van der Waals surface area contributed by atoms with E-state index in [9.17, 15) is 5.11 Å². The van der Waals surface area contributed by atoms with Gasteiger partial charge in [0.15, 0.2) is 5.96 Å². The van der Waals surface area contributed by atoms with Crippen molar-refractivity contribution in [1.29, 1.82) is 0 Å². The van der Waals surface area contributed by atoms with Crippen LogP contribution in [-0.4, -0.2) is 36.2 Å². The third-order valence-corrected chi connectivity index (χ3v) is 3.77. The van der Waals surface area contributed by atoms with Crippen molar-refractivity contribution in [2.45, 2.75) is 19.4 Å². The van der Waals surface area contributed by atoms with Gasteiger partial charge in [-0.15, -0.1) is 24.0 Å². The molecule has 0 aliphatic carbocycles. The number of guanidine groups is 1.